The minimum atomic E-state index is -0.233. The Morgan fingerprint density at radius 2 is 2.11 bits per heavy atom. The zero-order valence-electron chi connectivity index (χ0n) is 11.4. The molecule has 3 heteroatoms. The Bertz CT molecular complexity index is 463. The van der Waals surface area contributed by atoms with Crippen LogP contribution in [0.2, 0.25) is 0 Å². The molecule has 1 atom stereocenters. The number of rotatable bonds is 2. The number of hydrogen-bond donors (Lipinski definition) is 0. The lowest BCUT2D eigenvalue weighted by molar-refractivity contribution is -0.154. The van der Waals surface area contributed by atoms with Crippen molar-refractivity contribution in [2.24, 2.45) is 5.41 Å². The van der Waals surface area contributed by atoms with Gasteiger partial charge in [0.05, 0.1) is 7.11 Å². The lowest BCUT2D eigenvalue weighted by Gasteiger charge is -2.39. The Morgan fingerprint density at radius 1 is 1.39 bits per heavy atom. The molecule has 0 saturated heterocycles. The fraction of sp³-hybridized carbons (Fsp3) is 0.533. The van der Waals surface area contributed by atoms with E-state index in [2.05, 4.69) is 19.9 Å². The van der Waals surface area contributed by atoms with Gasteiger partial charge in [-0.1, -0.05) is 19.9 Å². The maximum atomic E-state index is 11.3. The van der Waals surface area contributed by atoms with Crippen molar-refractivity contribution in [1.29, 1.82) is 0 Å². The summed E-state index contributed by atoms with van der Waals surface area (Å²) in [5, 5.41) is 0. The Kier molecular flexibility index (Phi) is 3.33. The third kappa shape index (κ3) is 2.35. The van der Waals surface area contributed by atoms with Crippen molar-refractivity contribution in [3.05, 3.63) is 29.3 Å². The number of ether oxygens (including phenoxy) is 2. The molecule has 1 aromatic rings. The minimum Gasteiger partial charge on any atom is -0.497 e. The van der Waals surface area contributed by atoms with E-state index in [0.717, 1.165) is 24.2 Å². The van der Waals surface area contributed by atoms with Crippen LogP contribution >= 0.6 is 0 Å². The summed E-state index contributed by atoms with van der Waals surface area (Å²) in [6.45, 7) is 5.75. The number of fused-ring (bicyclic) bond motifs is 1. The van der Waals surface area contributed by atoms with E-state index in [1.165, 1.54) is 12.5 Å². The molecule has 0 fully saturated rings. The largest absolute Gasteiger partial charge is 0.497 e. The van der Waals surface area contributed by atoms with Crippen molar-refractivity contribution in [2.75, 3.05) is 7.11 Å². The third-order valence-corrected chi connectivity index (χ3v) is 3.67. The summed E-state index contributed by atoms with van der Waals surface area (Å²) in [5.74, 6) is 0.576. The molecule has 1 unspecified atom stereocenters. The summed E-state index contributed by atoms with van der Waals surface area (Å²) in [4.78, 5) is 11.3. The van der Waals surface area contributed by atoms with Crippen LogP contribution in [0, 0.1) is 5.41 Å². The van der Waals surface area contributed by atoms with Crippen LogP contribution in [0.4, 0.5) is 0 Å². The average Bonchev–Trinajstić information content (AvgIpc) is 2.32. The van der Waals surface area contributed by atoms with E-state index in [1.54, 1.807) is 7.11 Å². The second kappa shape index (κ2) is 4.63. The lowest BCUT2D eigenvalue weighted by Crippen LogP contribution is -2.31. The molecule has 3 nitrogen and oxygen atoms in total. The first-order chi connectivity index (χ1) is 8.44. The van der Waals surface area contributed by atoms with Crippen LogP contribution in [-0.2, 0) is 16.0 Å². The van der Waals surface area contributed by atoms with Gasteiger partial charge in [0, 0.05) is 12.3 Å². The molecule has 0 saturated carbocycles. The van der Waals surface area contributed by atoms with E-state index in [9.17, 15) is 4.79 Å². The first-order valence-electron chi connectivity index (χ1n) is 6.28. The predicted octanol–water partition coefficient (Wildman–Crippen LogP) is 3.27. The fourth-order valence-corrected chi connectivity index (χ4v) is 2.57. The van der Waals surface area contributed by atoms with Crippen molar-refractivity contribution in [3.8, 4) is 5.75 Å². The molecular formula is C15H20O3. The van der Waals surface area contributed by atoms with Crippen LogP contribution in [0.5, 0.6) is 5.75 Å². The highest BCUT2D eigenvalue weighted by atomic mass is 16.5. The summed E-state index contributed by atoms with van der Waals surface area (Å²) < 4.78 is 10.8. The van der Waals surface area contributed by atoms with Gasteiger partial charge in [0.2, 0.25) is 0 Å². The second-order valence-electron chi connectivity index (χ2n) is 5.54. The van der Waals surface area contributed by atoms with Crippen molar-refractivity contribution in [2.45, 2.75) is 39.7 Å². The molecule has 1 aliphatic carbocycles. The molecular weight excluding hydrogens is 228 g/mol. The molecule has 0 amide bonds. The maximum Gasteiger partial charge on any atom is 0.303 e. The van der Waals surface area contributed by atoms with Crippen LogP contribution in [0.1, 0.15) is 44.4 Å². The Hall–Kier alpha value is -1.51. The normalized spacial score (nSPS) is 21.0. The molecule has 0 heterocycles. The van der Waals surface area contributed by atoms with E-state index in [4.69, 9.17) is 9.47 Å². The van der Waals surface area contributed by atoms with Gasteiger partial charge in [0.15, 0.2) is 0 Å². The van der Waals surface area contributed by atoms with E-state index < -0.39 is 0 Å². The summed E-state index contributed by atoms with van der Waals surface area (Å²) >= 11 is 0. The summed E-state index contributed by atoms with van der Waals surface area (Å²) in [6, 6.07) is 6.02. The fourth-order valence-electron chi connectivity index (χ4n) is 2.57. The van der Waals surface area contributed by atoms with Crippen LogP contribution in [0.3, 0.4) is 0 Å². The van der Waals surface area contributed by atoms with Crippen molar-refractivity contribution < 1.29 is 14.3 Å². The van der Waals surface area contributed by atoms with Gasteiger partial charge < -0.3 is 9.47 Å². The monoisotopic (exact) mass is 248 g/mol. The van der Waals surface area contributed by atoms with E-state index in [0.29, 0.717) is 0 Å². The minimum absolute atomic E-state index is 0.0367. The summed E-state index contributed by atoms with van der Waals surface area (Å²) in [5.41, 5.74) is 2.30. The highest BCUT2D eigenvalue weighted by Gasteiger charge is 2.38. The molecule has 18 heavy (non-hydrogen) atoms. The van der Waals surface area contributed by atoms with Gasteiger partial charge in [-0.3, -0.25) is 4.79 Å². The first-order valence-corrected chi connectivity index (χ1v) is 6.28. The Balaban J connectivity index is 2.45. The average molecular weight is 248 g/mol. The van der Waals surface area contributed by atoms with Gasteiger partial charge in [-0.25, -0.2) is 0 Å². The lowest BCUT2D eigenvalue weighted by atomic mass is 9.72. The van der Waals surface area contributed by atoms with E-state index >= 15 is 0 Å². The van der Waals surface area contributed by atoms with Crippen LogP contribution in [-0.4, -0.2) is 13.1 Å². The molecule has 0 aromatic heterocycles. The van der Waals surface area contributed by atoms with Gasteiger partial charge in [0.25, 0.3) is 0 Å². The summed E-state index contributed by atoms with van der Waals surface area (Å²) in [7, 11) is 1.65. The number of hydrogen-bond acceptors (Lipinski definition) is 3. The number of carbonyl (C=O) groups is 1. The molecule has 0 aliphatic heterocycles. The Labute approximate surface area is 108 Å². The van der Waals surface area contributed by atoms with Gasteiger partial charge in [0.1, 0.15) is 11.9 Å². The number of esters is 1. The molecule has 0 bridgehead atoms. The van der Waals surface area contributed by atoms with E-state index in [1.807, 2.05) is 12.1 Å². The second-order valence-corrected chi connectivity index (χ2v) is 5.54. The number of benzene rings is 1. The molecule has 1 aromatic carbocycles. The van der Waals surface area contributed by atoms with Crippen LogP contribution in [0.15, 0.2) is 18.2 Å². The van der Waals surface area contributed by atoms with Gasteiger partial charge in [-0.2, -0.15) is 0 Å². The van der Waals surface area contributed by atoms with Gasteiger partial charge in [-0.05, 0) is 36.1 Å². The predicted molar refractivity (Wildman–Crippen MR) is 69.6 cm³/mol. The van der Waals surface area contributed by atoms with Crippen LogP contribution < -0.4 is 4.74 Å². The molecule has 1 aliphatic rings. The highest BCUT2D eigenvalue weighted by molar-refractivity contribution is 5.66. The molecule has 98 valence electrons. The topological polar surface area (TPSA) is 35.5 Å². The molecule has 0 spiro atoms. The third-order valence-electron chi connectivity index (χ3n) is 3.67. The SMILES string of the molecule is COc1ccc2c(c1)C(OC(C)=O)C(C)(C)CC2. The van der Waals surface area contributed by atoms with Crippen molar-refractivity contribution in [3.63, 3.8) is 0 Å². The molecule has 0 N–H and O–H groups in total. The van der Waals surface area contributed by atoms with Crippen molar-refractivity contribution >= 4 is 5.97 Å². The highest BCUT2D eigenvalue weighted by Crippen LogP contribution is 2.46. The van der Waals surface area contributed by atoms with Crippen LogP contribution in [0.25, 0.3) is 0 Å². The zero-order valence-corrected chi connectivity index (χ0v) is 11.4. The molecule has 0 radical (unpaired) electrons. The number of methoxy groups -OCH3 is 1. The number of aryl methyl sites for hydroxylation is 1. The smallest absolute Gasteiger partial charge is 0.303 e. The maximum absolute atomic E-state index is 11.3. The zero-order chi connectivity index (χ0) is 13.3. The molecule has 2 rings (SSSR count). The Morgan fingerprint density at radius 3 is 2.72 bits per heavy atom. The number of carbonyl (C=O) groups excluding carboxylic acids is 1. The van der Waals surface area contributed by atoms with Gasteiger partial charge in [-0.15, -0.1) is 0 Å². The summed E-state index contributed by atoms with van der Waals surface area (Å²) in [6.07, 6.45) is 1.85. The van der Waals surface area contributed by atoms with Crippen molar-refractivity contribution in [1.82, 2.24) is 0 Å². The standard InChI is InChI=1S/C15H20O3/c1-10(16)18-14-13-9-12(17-4)6-5-11(13)7-8-15(14,2)3/h5-6,9,14H,7-8H2,1-4H3. The first kappa shape index (κ1) is 12.9. The van der Waals surface area contributed by atoms with E-state index in [-0.39, 0.29) is 17.5 Å². The quantitative estimate of drug-likeness (QED) is 0.753. The van der Waals surface area contributed by atoms with Gasteiger partial charge >= 0.3 is 5.97 Å².